The number of nitrogens with one attached hydrogen (secondary N) is 2. The maximum Gasteiger partial charge on any atom is 0.191 e. The summed E-state index contributed by atoms with van der Waals surface area (Å²) in [7, 11) is -1.35. The second-order valence-corrected chi connectivity index (χ2v) is 7.14. The fraction of sp³-hybridized carbons (Fsp3) is 0.533. The molecule has 0 fully saturated rings. The van der Waals surface area contributed by atoms with Crippen molar-refractivity contribution in [3.63, 3.8) is 0 Å². The van der Waals surface area contributed by atoms with Gasteiger partial charge in [0.15, 0.2) is 15.8 Å². The van der Waals surface area contributed by atoms with Crippen LogP contribution in [0.15, 0.2) is 29.3 Å². The van der Waals surface area contributed by atoms with Gasteiger partial charge in [0.05, 0.1) is 19.4 Å². The number of methoxy groups -OCH3 is 1. The van der Waals surface area contributed by atoms with Crippen LogP contribution in [0.5, 0.6) is 5.75 Å². The van der Waals surface area contributed by atoms with Gasteiger partial charge >= 0.3 is 0 Å². The van der Waals surface area contributed by atoms with E-state index >= 15 is 0 Å². The Labute approximate surface area is 156 Å². The van der Waals surface area contributed by atoms with E-state index in [1.54, 1.807) is 14.0 Å². The lowest BCUT2D eigenvalue weighted by molar-refractivity contribution is 0.410. The largest absolute Gasteiger partial charge is 0.496 e. The molecule has 0 radical (unpaired) electrons. The summed E-state index contributed by atoms with van der Waals surface area (Å²) in [5.41, 5.74) is 0.975. The lowest BCUT2D eigenvalue weighted by Crippen LogP contribution is -2.39. The first kappa shape index (κ1) is 22.0. The van der Waals surface area contributed by atoms with E-state index in [4.69, 9.17) is 4.74 Å². The summed E-state index contributed by atoms with van der Waals surface area (Å²) in [5.74, 6) is 1.64. The Morgan fingerprint density at radius 2 is 1.91 bits per heavy atom. The minimum absolute atomic E-state index is 0. The molecule has 0 atom stereocenters. The number of sulfone groups is 1. The van der Waals surface area contributed by atoms with E-state index in [0.717, 1.165) is 11.3 Å². The number of nitrogens with zero attached hydrogens (tertiary/aromatic N) is 1. The van der Waals surface area contributed by atoms with Crippen LogP contribution in [0.3, 0.4) is 0 Å². The van der Waals surface area contributed by atoms with Gasteiger partial charge in [0, 0.05) is 24.4 Å². The summed E-state index contributed by atoms with van der Waals surface area (Å²) in [6.07, 6.45) is 0. The lowest BCUT2D eigenvalue weighted by atomic mass is 10.2. The number of para-hydroxylation sites is 1. The van der Waals surface area contributed by atoms with Crippen LogP contribution in [-0.4, -0.2) is 46.1 Å². The van der Waals surface area contributed by atoms with Gasteiger partial charge in [-0.15, -0.1) is 24.0 Å². The van der Waals surface area contributed by atoms with Gasteiger partial charge in [0.1, 0.15) is 5.75 Å². The third-order valence-corrected chi connectivity index (χ3v) is 4.80. The third kappa shape index (κ3) is 8.40. The maximum absolute atomic E-state index is 11.5. The highest BCUT2D eigenvalue weighted by atomic mass is 127. The van der Waals surface area contributed by atoms with Crippen molar-refractivity contribution in [3.05, 3.63) is 29.8 Å². The Hall–Kier alpha value is -1.03. The van der Waals surface area contributed by atoms with E-state index in [9.17, 15) is 8.42 Å². The summed E-state index contributed by atoms with van der Waals surface area (Å²) < 4.78 is 28.3. The van der Waals surface area contributed by atoms with E-state index in [0.29, 0.717) is 25.6 Å². The quantitative estimate of drug-likeness (QED) is 0.355. The molecular formula is C15H26IN3O3S. The number of aliphatic imine (C=N–C) groups is 1. The molecule has 0 aliphatic rings. The van der Waals surface area contributed by atoms with Gasteiger partial charge in [-0.05, 0) is 13.0 Å². The first-order valence-electron chi connectivity index (χ1n) is 7.37. The predicted molar refractivity (Wildman–Crippen MR) is 106 cm³/mol. The van der Waals surface area contributed by atoms with E-state index in [-0.39, 0.29) is 35.5 Å². The summed E-state index contributed by atoms with van der Waals surface area (Å²) in [6.45, 7) is 5.12. The van der Waals surface area contributed by atoms with Crippen molar-refractivity contribution in [2.45, 2.75) is 20.4 Å². The molecular weight excluding hydrogens is 429 g/mol. The van der Waals surface area contributed by atoms with Gasteiger partial charge < -0.3 is 15.4 Å². The van der Waals surface area contributed by atoms with Crippen LogP contribution in [0.1, 0.15) is 19.4 Å². The summed E-state index contributed by atoms with van der Waals surface area (Å²) in [4.78, 5) is 4.46. The van der Waals surface area contributed by atoms with Crippen molar-refractivity contribution >= 4 is 39.8 Å². The average molecular weight is 455 g/mol. The summed E-state index contributed by atoms with van der Waals surface area (Å²) >= 11 is 0. The van der Waals surface area contributed by atoms with Crippen molar-refractivity contribution < 1.29 is 13.2 Å². The molecule has 1 rings (SSSR count). The molecule has 8 heteroatoms. The topological polar surface area (TPSA) is 79.8 Å². The van der Waals surface area contributed by atoms with Gasteiger partial charge in [0.25, 0.3) is 0 Å². The Bertz CT molecular complexity index is 591. The molecule has 0 spiro atoms. The minimum Gasteiger partial charge on any atom is -0.496 e. The van der Waals surface area contributed by atoms with Crippen molar-refractivity contribution in [2.24, 2.45) is 4.99 Å². The first-order valence-corrected chi connectivity index (χ1v) is 9.19. The highest BCUT2D eigenvalue weighted by Gasteiger charge is 2.07. The van der Waals surface area contributed by atoms with Crippen LogP contribution >= 0.6 is 24.0 Å². The van der Waals surface area contributed by atoms with E-state index < -0.39 is 9.84 Å². The van der Waals surface area contributed by atoms with Crippen LogP contribution in [0, 0.1) is 0 Å². The molecule has 0 saturated heterocycles. The second-order valence-electron chi connectivity index (χ2n) is 4.67. The van der Waals surface area contributed by atoms with E-state index in [2.05, 4.69) is 15.6 Å². The molecule has 0 heterocycles. The SMILES string of the molecule is CCNC(=NCc1ccccc1OC)NCCS(=O)(=O)CC.I. The van der Waals surface area contributed by atoms with Crippen molar-refractivity contribution in [2.75, 3.05) is 31.7 Å². The number of hydrogen-bond acceptors (Lipinski definition) is 4. The van der Waals surface area contributed by atoms with Crippen LogP contribution in [0.4, 0.5) is 0 Å². The fourth-order valence-corrected chi connectivity index (χ4v) is 2.51. The van der Waals surface area contributed by atoms with E-state index in [1.165, 1.54) is 0 Å². The van der Waals surface area contributed by atoms with Gasteiger partial charge in [0.2, 0.25) is 0 Å². The normalized spacial score (nSPS) is 11.5. The maximum atomic E-state index is 11.5. The first-order chi connectivity index (χ1) is 10.5. The number of rotatable bonds is 8. The minimum atomic E-state index is -2.97. The molecule has 132 valence electrons. The van der Waals surface area contributed by atoms with Gasteiger partial charge in [-0.3, -0.25) is 0 Å². The predicted octanol–water partition coefficient (Wildman–Crippen LogP) is 1.80. The molecule has 0 bridgehead atoms. The molecule has 0 saturated carbocycles. The number of halogens is 1. The molecule has 0 amide bonds. The smallest absolute Gasteiger partial charge is 0.191 e. The number of guanidine groups is 1. The lowest BCUT2D eigenvalue weighted by Gasteiger charge is -2.12. The summed E-state index contributed by atoms with van der Waals surface area (Å²) in [6, 6.07) is 7.68. The average Bonchev–Trinajstić information content (AvgIpc) is 2.52. The van der Waals surface area contributed by atoms with Crippen molar-refractivity contribution in [3.8, 4) is 5.75 Å². The molecule has 0 aromatic heterocycles. The van der Waals surface area contributed by atoms with Gasteiger partial charge in [-0.1, -0.05) is 25.1 Å². The molecule has 23 heavy (non-hydrogen) atoms. The van der Waals surface area contributed by atoms with Crippen LogP contribution < -0.4 is 15.4 Å². The zero-order chi connectivity index (χ0) is 16.4. The Morgan fingerprint density at radius 1 is 1.22 bits per heavy atom. The van der Waals surface area contributed by atoms with Crippen LogP contribution in [0.25, 0.3) is 0 Å². The molecule has 6 nitrogen and oxygen atoms in total. The van der Waals surface area contributed by atoms with Crippen LogP contribution in [-0.2, 0) is 16.4 Å². The van der Waals surface area contributed by atoms with Crippen molar-refractivity contribution in [1.82, 2.24) is 10.6 Å². The summed E-state index contributed by atoms with van der Waals surface area (Å²) in [5, 5.41) is 6.14. The number of benzene rings is 1. The molecule has 1 aromatic carbocycles. The monoisotopic (exact) mass is 455 g/mol. The van der Waals surface area contributed by atoms with Gasteiger partial charge in [-0.25, -0.2) is 13.4 Å². The number of hydrogen-bond donors (Lipinski definition) is 2. The molecule has 2 N–H and O–H groups in total. The molecule has 0 aliphatic carbocycles. The zero-order valence-electron chi connectivity index (χ0n) is 13.8. The molecule has 1 aromatic rings. The highest BCUT2D eigenvalue weighted by molar-refractivity contribution is 14.0. The molecule has 0 aliphatic heterocycles. The van der Waals surface area contributed by atoms with Crippen LogP contribution in [0.2, 0.25) is 0 Å². The Balaban J connectivity index is 0.00000484. The zero-order valence-corrected chi connectivity index (χ0v) is 17.0. The molecule has 0 unspecified atom stereocenters. The number of ether oxygens (including phenoxy) is 1. The highest BCUT2D eigenvalue weighted by Crippen LogP contribution is 2.17. The third-order valence-electron chi connectivity index (χ3n) is 3.09. The standard InChI is InChI=1S/C15H25N3O3S.HI/c1-4-16-15(17-10-11-22(19,20)5-2)18-12-13-8-6-7-9-14(13)21-3;/h6-9H,4-5,10-12H2,1-3H3,(H2,16,17,18);1H. The Kier molecular flexibility index (Phi) is 11.0. The van der Waals surface area contributed by atoms with E-state index in [1.807, 2.05) is 31.2 Å². The van der Waals surface area contributed by atoms with Crippen molar-refractivity contribution in [1.29, 1.82) is 0 Å². The van der Waals surface area contributed by atoms with Gasteiger partial charge in [-0.2, -0.15) is 0 Å². The fourth-order valence-electron chi connectivity index (χ4n) is 1.81. The second kappa shape index (κ2) is 11.5. The Morgan fingerprint density at radius 3 is 2.52 bits per heavy atom.